The zero-order valence-corrected chi connectivity index (χ0v) is 12.7. The van der Waals surface area contributed by atoms with Gasteiger partial charge in [-0.3, -0.25) is 0 Å². The van der Waals surface area contributed by atoms with Crippen molar-refractivity contribution >= 4 is 31.8 Å². The third kappa shape index (κ3) is 3.23. The Morgan fingerprint density at radius 1 is 1.53 bits per heavy atom. The zero-order chi connectivity index (χ0) is 14.0. The van der Waals surface area contributed by atoms with Gasteiger partial charge in [0.1, 0.15) is 4.90 Å². The molecule has 1 aliphatic rings. The molecule has 2 rings (SSSR count). The van der Waals surface area contributed by atoms with Crippen LogP contribution in [-0.2, 0) is 14.8 Å². The average molecular weight is 351 g/mol. The van der Waals surface area contributed by atoms with Gasteiger partial charge in [0.25, 0.3) is 0 Å². The van der Waals surface area contributed by atoms with E-state index in [1.165, 1.54) is 12.3 Å². The molecule has 0 unspecified atom stereocenters. The lowest BCUT2D eigenvalue weighted by molar-refractivity contribution is 0.0236. The van der Waals surface area contributed by atoms with E-state index in [2.05, 4.69) is 31.1 Å². The third-order valence-electron chi connectivity index (χ3n) is 3.00. The van der Waals surface area contributed by atoms with Gasteiger partial charge >= 0.3 is 0 Å². The number of rotatable bonds is 5. The van der Waals surface area contributed by atoms with Crippen LogP contribution in [0.3, 0.4) is 0 Å². The number of ether oxygens (including phenoxy) is 1. The van der Waals surface area contributed by atoms with Crippen LogP contribution in [0.1, 0.15) is 12.8 Å². The molecule has 0 atom stereocenters. The molecule has 0 spiro atoms. The molecule has 4 N–H and O–H groups in total. The maximum absolute atomic E-state index is 12.3. The minimum absolute atomic E-state index is 0.0187. The highest BCUT2D eigenvalue weighted by Gasteiger charge is 2.33. The molecule has 1 fully saturated rings. The van der Waals surface area contributed by atoms with Gasteiger partial charge in [-0.25, -0.2) is 24.0 Å². The Labute approximate surface area is 120 Å². The number of nitrogens with one attached hydrogen (secondary N) is 2. The minimum atomic E-state index is -3.66. The number of sulfonamides is 1. The fourth-order valence-corrected chi connectivity index (χ4v) is 3.76. The molecular weight excluding hydrogens is 336 g/mol. The molecule has 0 amide bonds. The molecule has 1 aromatic heterocycles. The van der Waals surface area contributed by atoms with Crippen molar-refractivity contribution in [3.8, 4) is 0 Å². The number of pyridine rings is 1. The van der Waals surface area contributed by atoms with Gasteiger partial charge in [0.05, 0.1) is 6.10 Å². The maximum atomic E-state index is 12.3. The van der Waals surface area contributed by atoms with Crippen LogP contribution in [0.4, 0.5) is 5.82 Å². The van der Waals surface area contributed by atoms with Crippen LogP contribution in [0, 0.1) is 0 Å². The molecule has 0 radical (unpaired) electrons. The number of aromatic nitrogens is 1. The molecular formula is C10H15BrN4O3S. The normalized spacial score (nSPS) is 22.9. The Morgan fingerprint density at radius 3 is 2.79 bits per heavy atom. The summed E-state index contributed by atoms with van der Waals surface area (Å²) in [5, 5.41) is 0. The van der Waals surface area contributed by atoms with Gasteiger partial charge in [-0.2, -0.15) is 0 Å². The Balaban J connectivity index is 2.18. The first-order valence-electron chi connectivity index (χ1n) is 5.63. The van der Waals surface area contributed by atoms with E-state index in [0.29, 0.717) is 17.3 Å². The summed E-state index contributed by atoms with van der Waals surface area (Å²) in [7, 11) is -2.04. The maximum Gasteiger partial charge on any atom is 0.244 e. The number of hydrazine groups is 1. The highest BCUT2D eigenvalue weighted by atomic mass is 79.9. The Hall–Kier alpha value is -0.740. The summed E-state index contributed by atoms with van der Waals surface area (Å²) < 4.78 is 32.8. The predicted octanol–water partition coefficient (Wildman–Crippen LogP) is 0.585. The molecule has 1 aromatic rings. The molecule has 1 heterocycles. The van der Waals surface area contributed by atoms with Gasteiger partial charge in [0.15, 0.2) is 5.82 Å². The van der Waals surface area contributed by atoms with Crippen molar-refractivity contribution in [2.45, 2.75) is 29.9 Å². The summed E-state index contributed by atoms with van der Waals surface area (Å²) in [6, 6.07) is 1.34. The van der Waals surface area contributed by atoms with E-state index in [0.717, 1.165) is 0 Å². The van der Waals surface area contributed by atoms with Crippen molar-refractivity contribution in [1.29, 1.82) is 0 Å². The van der Waals surface area contributed by atoms with Crippen LogP contribution < -0.4 is 16.0 Å². The fourth-order valence-electron chi connectivity index (χ4n) is 1.87. The summed E-state index contributed by atoms with van der Waals surface area (Å²) >= 11 is 3.19. The van der Waals surface area contributed by atoms with Crippen LogP contribution in [0.25, 0.3) is 0 Å². The first-order chi connectivity index (χ1) is 8.96. The van der Waals surface area contributed by atoms with E-state index in [1.807, 2.05) is 0 Å². The summed E-state index contributed by atoms with van der Waals surface area (Å²) in [6.45, 7) is 0. The first kappa shape index (κ1) is 14.7. The number of anilines is 1. The van der Waals surface area contributed by atoms with E-state index in [9.17, 15) is 8.42 Å². The van der Waals surface area contributed by atoms with Gasteiger partial charge in [-0.15, -0.1) is 0 Å². The quantitative estimate of drug-likeness (QED) is 0.529. The van der Waals surface area contributed by atoms with Gasteiger partial charge in [0, 0.05) is 23.8 Å². The van der Waals surface area contributed by atoms with Crippen molar-refractivity contribution in [2.24, 2.45) is 5.84 Å². The highest BCUT2D eigenvalue weighted by Crippen LogP contribution is 2.27. The standard InChI is InChI=1S/C10H15BrN4O3S/c1-18-8-3-7(4-8)15-19(16,17)9-2-6(11)5-13-10(9)14-12/h2,5,7-8,15H,3-4,12H2,1H3,(H,13,14). The summed E-state index contributed by atoms with van der Waals surface area (Å²) in [6.07, 6.45) is 2.93. The Morgan fingerprint density at radius 2 is 2.21 bits per heavy atom. The number of hydrogen-bond acceptors (Lipinski definition) is 6. The molecule has 19 heavy (non-hydrogen) atoms. The molecule has 7 nitrogen and oxygen atoms in total. The van der Waals surface area contributed by atoms with Gasteiger partial charge in [-0.05, 0) is 34.8 Å². The predicted molar refractivity (Wildman–Crippen MR) is 73.9 cm³/mol. The van der Waals surface area contributed by atoms with Crippen LogP contribution >= 0.6 is 15.9 Å². The van der Waals surface area contributed by atoms with Crippen molar-refractivity contribution in [3.05, 3.63) is 16.7 Å². The summed E-state index contributed by atoms with van der Waals surface area (Å²) in [5.41, 5.74) is 2.28. The second-order valence-corrected chi connectivity index (χ2v) is 6.89. The van der Waals surface area contributed by atoms with Crippen LogP contribution in [0.5, 0.6) is 0 Å². The van der Waals surface area contributed by atoms with Crippen LogP contribution in [0.2, 0.25) is 0 Å². The number of methoxy groups -OCH3 is 1. The summed E-state index contributed by atoms with van der Waals surface area (Å²) in [4.78, 5) is 3.94. The first-order valence-corrected chi connectivity index (χ1v) is 7.91. The van der Waals surface area contributed by atoms with Crippen molar-refractivity contribution < 1.29 is 13.2 Å². The number of nitrogens with zero attached hydrogens (tertiary/aromatic N) is 1. The van der Waals surface area contributed by atoms with E-state index >= 15 is 0 Å². The van der Waals surface area contributed by atoms with E-state index in [1.54, 1.807) is 7.11 Å². The van der Waals surface area contributed by atoms with Crippen LogP contribution in [-0.4, -0.2) is 32.7 Å². The topological polar surface area (TPSA) is 106 Å². The minimum Gasteiger partial charge on any atom is -0.381 e. The molecule has 0 aliphatic heterocycles. The largest absolute Gasteiger partial charge is 0.381 e. The van der Waals surface area contributed by atoms with E-state index in [-0.39, 0.29) is 22.9 Å². The number of nitrogens with two attached hydrogens (primary N) is 1. The smallest absolute Gasteiger partial charge is 0.244 e. The van der Waals surface area contributed by atoms with Gasteiger partial charge in [-0.1, -0.05) is 0 Å². The van der Waals surface area contributed by atoms with Crippen LogP contribution in [0.15, 0.2) is 21.6 Å². The van der Waals surface area contributed by atoms with Crippen molar-refractivity contribution in [3.63, 3.8) is 0 Å². The number of hydrogen-bond donors (Lipinski definition) is 3. The SMILES string of the molecule is COC1CC(NS(=O)(=O)c2cc(Br)cnc2NN)C1. The fraction of sp³-hybridized carbons (Fsp3) is 0.500. The number of nitrogen functional groups attached to an aromatic ring is 1. The summed E-state index contributed by atoms with van der Waals surface area (Å²) in [5.74, 6) is 5.39. The molecule has 0 bridgehead atoms. The Bertz CT molecular complexity index is 560. The van der Waals surface area contributed by atoms with E-state index < -0.39 is 10.0 Å². The molecule has 1 aliphatic carbocycles. The zero-order valence-electron chi connectivity index (χ0n) is 10.3. The molecule has 1 saturated carbocycles. The molecule has 106 valence electrons. The lowest BCUT2D eigenvalue weighted by atomic mass is 9.90. The number of halogens is 1. The van der Waals surface area contributed by atoms with Crippen molar-refractivity contribution in [1.82, 2.24) is 9.71 Å². The van der Waals surface area contributed by atoms with Gasteiger partial charge in [0.2, 0.25) is 10.0 Å². The molecule has 0 aromatic carbocycles. The molecule has 9 heteroatoms. The second-order valence-electron chi connectivity index (χ2n) is 4.29. The van der Waals surface area contributed by atoms with E-state index in [4.69, 9.17) is 10.6 Å². The lowest BCUT2D eigenvalue weighted by Gasteiger charge is -2.34. The lowest BCUT2D eigenvalue weighted by Crippen LogP contribution is -2.47. The molecule has 0 saturated heterocycles. The Kier molecular flexibility index (Phi) is 4.41. The van der Waals surface area contributed by atoms with Gasteiger partial charge < -0.3 is 10.2 Å². The van der Waals surface area contributed by atoms with Crippen molar-refractivity contribution in [2.75, 3.05) is 12.5 Å². The monoisotopic (exact) mass is 350 g/mol. The highest BCUT2D eigenvalue weighted by molar-refractivity contribution is 9.10. The third-order valence-corrected chi connectivity index (χ3v) is 4.96. The average Bonchev–Trinajstić information content (AvgIpc) is 2.33. The second kappa shape index (κ2) is 5.71.